The number of guanidine groups is 1. The Labute approximate surface area is 164 Å². The van der Waals surface area contributed by atoms with Crippen LogP contribution in [-0.2, 0) is 11.3 Å². The van der Waals surface area contributed by atoms with Crippen LogP contribution in [0, 0.1) is 0 Å². The van der Waals surface area contributed by atoms with Crippen molar-refractivity contribution >= 4 is 29.9 Å². The van der Waals surface area contributed by atoms with E-state index in [4.69, 9.17) is 15.2 Å². The summed E-state index contributed by atoms with van der Waals surface area (Å²) < 4.78 is 10.4. The van der Waals surface area contributed by atoms with Gasteiger partial charge in [0.25, 0.3) is 0 Å². The predicted octanol–water partition coefficient (Wildman–Crippen LogP) is 1.93. The molecule has 1 aromatic heterocycles. The Hall–Kier alpha value is -1.88. The lowest BCUT2D eigenvalue weighted by Gasteiger charge is -2.04. The maximum absolute atomic E-state index is 5.81. The SMILES string of the molecule is CCOCCCNC(N)=NCc1nc(-c2ccc(OC)cc2)n[nH]1.I. The molecule has 0 fully saturated rings. The second-order valence-corrected chi connectivity index (χ2v) is 5.01. The van der Waals surface area contributed by atoms with E-state index in [-0.39, 0.29) is 24.0 Å². The second-order valence-electron chi connectivity index (χ2n) is 5.01. The Bertz CT molecular complexity index is 644. The molecular formula is C16H25IN6O2. The summed E-state index contributed by atoms with van der Waals surface area (Å²) in [5, 5.41) is 10.1. The van der Waals surface area contributed by atoms with Crippen LogP contribution in [0.1, 0.15) is 19.2 Å². The fourth-order valence-corrected chi connectivity index (χ4v) is 1.99. The number of nitrogens with two attached hydrogens (primary N) is 1. The van der Waals surface area contributed by atoms with Crippen molar-refractivity contribution in [1.82, 2.24) is 20.5 Å². The zero-order valence-electron chi connectivity index (χ0n) is 14.5. The van der Waals surface area contributed by atoms with Crippen molar-refractivity contribution in [2.45, 2.75) is 19.9 Å². The van der Waals surface area contributed by atoms with Gasteiger partial charge in [-0.25, -0.2) is 9.98 Å². The van der Waals surface area contributed by atoms with Crippen LogP contribution in [0.5, 0.6) is 5.75 Å². The van der Waals surface area contributed by atoms with Gasteiger partial charge in [0.1, 0.15) is 18.1 Å². The predicted molar refractivity (Wildman–Crippen MR) is 108 cm³/mol. The maximum Gasteiger partial charge on any atom is 0.189 e. The van der Waals surface area contributed by atoms with Crippen LogP contribution >= 0.6 is 24.0 Å². The molecule has 138 valence electrons. The fraction of sp³-hybridized carbons (Fsp3) is 0.438. The number of halogens is 1. The third-order valence-electron chi connectivity index (χ3n) is 3.25. The highest BCUT2D eigenvalue weighted by Crippen LogP contribution is 2.18. The van der Waals surface area contributed by atoms with Crippen LogP contribution in [0.3, 0.4) is 0 Å². The smallest absolute Gasteiger partial charge is 0.189 e. The molecule has 0 aliphatic carbocycles. The molecule has 0 unspecified atom stereocenters. The maximum atomic E-state index is 5.81. The highest BCUT2D eigenvalue weighted by Gasteiger charge is 2.06. The molecule has 0 bridgehead atoms. The van der Waals surface area contributed by atoms with Gasteiger partial charge in [-0.1, -0.05) is 0 Å². The summed E-state index contributed by atoms with van der Waals surface area (Å²) in [4.78, 5) is 8.65. The first kappa shape index (κ1) is 21.2. The number of hydrogen-bond acceptors (Lipinski definition) is 5. The van der Waals surface area contributed by atoms with E-state index < -0.39 is 0 Å². The van der Waals surface area contributed by atoms with E-state index in [1.807, 2.05) is 31.2 Å². The van der Waals surface area contributed by atoms with Gasteiger partial charge in [-0.15, -0.1) is 24.0 Å². The van der Waals surface area contributed by atoms with Crippen LogP contribution in [0.15, 0.2) is 29.3 Å². The summed E-state index contributed by atoms with van der Waals surface area (Å²) in [5.74, 6) is 2.45. The zero-order valence-corrected chi connectivity index (χ0v) is 16.8. The average Bonchev–Trinajstić information content (AvgIpc) is 3.09. The fourth-order valence-electron chi connectivity index (χ4n) is 1.99. The molecule has 0 amide bonds. The van der Waals surface area contributed by atoms with E-state index in [2.05, 4.69) is 25.5 Å². The largest absolute Gasteiger partial charge is 0.497 e. The van der Waals surface area contributed by atoms with E-state index in [1.54, 1.807) is 7.11 Å². The molecule has 0 saturated carbocycles. The molecule has 0 atom stereocenters. The number of benzene rings is 1. The molecule has 0 aliphatic heterocycles. The lowest BCUT2D eigenvalue weighted by atomic mass is 10.2. The third kappa shape index (κ3) is 7.26. The summed E-state index contributed by atoms with van der Waals surface area (Å²) in [5.41, 5.74) is 6.72. The average molecular weight is 460 g/mol. The number of methoxy groups -OCH3 is 1. The van der Waals surface area contributed by atoms with Gasteiger partial charge in [0, 0.05) is 25.3 Å². The van der Waals surface area contributed by atoms with Crippen LogP contribution in [0.25, 0.3) is 11.4 Å². The Morgan fingerprint density at radius 2 is 2.08 bits per heavy atom. The Balaban J connectivity index is 0.00000312. The molecule has 25 heavy (non-hydrogen) atoms. The first-order valence-electron chi connectivity index (χ1n) is 7.90. The summed E-state index contributed by atoms with van der Waals surface area (Å²) in [6, 6.07) is 7.55. The summed E-state index contributed by atoms with van der Waals surface area (Å²) in [6.45, 7) is 4.48. The van der Waals surface area contributed by atoms with Gasteiger partial charge < -0.3 is 20.5 Å². The molecule has 9 heteroatoms. The number of ether oxygens (including phenoxy) is 2. The minimum Gasteiger partial charge on any atom is -0.497 e. The van der Waals surface area contributed by atoms with Gasteiger partial charge >= 0.3 is 0 Å². The van der Waals surface area contributed by atoms with E-state index in [0.717, 1.165) is 30.9 Å². The molecule has 0 radical (unpaired) electrons. The van der Waals surface area contributed by atoms with E-state index in [0.29, 0.717) is 30.8 Å². The highest BCUT2D eigenvalue weighted by atomic mass is 127. The molecule has 1 aromatic carbocycles. The lowest BCUT2D eigenvalue weighted by molar-refractivity contribution is 0.145. The van der Waals surface area contributed by atoms with Crippen LogP contribution in [-0.4, -0.2) is 48.0 Å². The molecular weight excluding hydrogens is 435 g/mol. The molecule has 2 aromatic rings. The first-order chi connectivity index (χ1) is 11.7. The summed E-state index contributed by atoms with van der Waals surface area (Å²) in [6.07, 6.45) is 0.883. The van der Waals surface area contributed by atoms with Crippen molar-refractivity contribution in [3.8, 4) is 17.1 Å². The highest BCUT2D eigenvalue weighted by molar-refractivity contribution is 14.0. The molecule has 2 rings (SSSR count). The topological polar surface area (TPSA) is 110 Å². The van der Waals surface area contributed by atoms with Gasteiger partial charge in [0.15, 0.2) is 11.8 Å². The van der Waals surface area contributed by atoms with Gasteiger partial charge in [0.2, 0.25) is 0 Å². The van der Waals surface area contributed by atoms with Crippen molar-refractivity contribution in [2.75, 3.05) is 26.9 Å². The van der Waals surface area contributed by atoms with Crippen molar-refractivity contribution in [2.24, 2.45) is 10.7 Å². The molecule has 1 heterocycles. The number of aromatic amines is 1. The van der Waals surface area contributed by atoms with Crippen LogP contribution in [0.2, 0.25) is 0 Å². The van der Waals surface area contributed by atoms with Crippen molar-refractivity contribution in [3.05, 3.63) is 30.1 Å². The van der Waals surface area contributed by atoms with Crippen LogP contribution in [0.4, 0.5) is 0 Å². The molecule has 4 N–H and O–H groups in total. The second kappa shape index (κ2) is 11.6. The number of H-pyrrole nitrogens is 1. The molecule has 0 spiro atoms. The lowest BCUT2D eigenvalue weighted by Crippen LogP contribution is -2.32. The standard InChI is InChI=1S/C16H24N6O2.HI/c1-3-24-10-4-9-18-16(17)19-11-14-20-15(22-21-14)12-5-7-13(23-2)8-6-12;/h5-8H,3-4,9-11H2,1-2H3,(H3,17,18,19)(H,20,21,22);1H. The molecule has 0 aliphatic rings. The van der Waals surface area contributed by atoms with Gasteiger partial charge in [-0.2, -0.15) is 5.10 Å². The Kier molecular flexibility index (Phi) is 9.85. The first-order valence-corrected chi connectivity index (χ1v) is 7.90. The van der Waals surface area contributed by atoms with E-state index >= 15 is 0 Å². The third-order valence-corrected chi connectivity index (χ3v) is 3.25. The summed E-state index contributed by atoms with van der Waals surface area (Å²) in [7, 11) is 1.63. The van der Waals surface area contributed by atoms with E-state index in [1.165, 1.54) is 0 Å². The van der Waals surface area contributed by atoms with Crippen molar-refractivity contribution in [3.63, 3.8) is 0 Å². The normalized spacial score (nSPS) is 11.0. The van der Waals surface area contributed by atoms with E-state index in [9.17, 15) is 0 Å². The minimum atomic E-state index is 0. The number of hydrogen-bond donors (Lipinski definition) is 3. The van der Waals surface area contributed by atoms with Gasteiger partial charge in [-0.05, 0) is 37.6 Å². The zero-order chi connectivity index (χ0) is 17.2. The number of aromatic nitrogens is 3. The number of nitrogens with one attached hydrogen (secondary N) is 2. The summed E-state index contributed by atoms with van der Waals surface area (Å²) >= 11 is 0. The van der Waals surface area contributed by atoms with Crippen molar-refractivity contribution < 1.29 is 9.47 Å². The molecule has 0 saturated heterocycles. The Morgan fingerprint density at radius 1 is 1.32 bits per heavy atom. The number of rotatable bonds is 9. The quantitative estimate of drug-likeness (QED) is 0.228. The monoisotopic (exact) mass is 460 g/mol. The number of aliphatic imine (C=N–C) groups is 1. The number of nitrogens with zero attached hydrogens (tertiary/aromatic N) is 3. The van der Waals surface area contributed by atoms with Gasteiger partial charge in [0.05, 0.1) is 7.11 Å². The van der Waals surface area contributed by atoms with Gasteiger partial charge in [-0.3, -0.25) is 5.10 Å². The molecule has 8 nitrogen and oxygen atoms in total. The minimum absolute atomic E-state index is 0. The Morgan fingerprint density at radius 3 is 2.76 bits per heavy atom. The van der Waals surface area contributed by atoms with Crippen molar-refractivity contribution in [1.29, 1.82) is 0 Å². The van der Waals surface area contributed by atoms with Crippen LogP contribution < -0.4 is 15.8 Å².